The molecular formula is C10H20N2. The molecule has 2 heteroatoms. The third-order valence-corrected chi connectivity index (χ3v) is 2.51. The van der Waals surface area contributed by atoms with Crippen LogP contribution < -0.4 is 0 Å². The Bertz CT molecular complexity index is 163. The Morgan fingerprint density at radius 2 is 2.25 bits per heavy atom. The summed E-state index contributed by atoms with van der Waals surface area (Å²) in [5.41, 5.74) is 1.40. The fourth-order valence-electron chi connectivity index (χ4n) is 1.55. The summed E-state index contributed by atoms with van der Waals surface area (Å²) < 4.78 is 0. The van der Waals surface area contributed by atoms with Crippen LogP contribution in [0.3, 0.4) is 0 Å². The fourth-order valence-corrected chi connectivity index (χ4v) is 1.55. The SMILES string of the molecule is CCCCCC1=NC(C)N(C)C1. The maximum Gasteiger partial charge on any atom is 0.0991 e. The van der Waals surface area contributed by atoms with E-state index in [1.165, 1.54) is 31.4 Å². The van der Waals surface area contributed by atoms with E-state index in [0.717, 1.165) is 6.54 Å². The van der Waals surface area contributed by atoms with Crippen molar-refractivity contribution in [2.24, 2.45) is 4.99 Å². The van der Waals surface area contributed by atoms with Gasteiger partial charge in [0.15, 0.2) is 0 Å². The minimum absolute atomic E-state index is 0.418. The standard InChI is InChI=1S/C10H20N2/c1-4-5-6-7-10-8-12(3)9(2)11-10/h9H,4-8H2,1-3H3. The maximum absolute atomic E-state index is 4.58. The van der Waals surface area contributed by atoms with Crippen LogP contribution in [0.1, 0.15) is 39.5 Å². The zero-order valence-corrected chi connectivity index (χ0v) is 8.51. The van der Waals surface area contributed by atoms with Gasteiger partial charge in [-0.3, -0.25) is 9.89 Å². The Kier molecular flexibility index (Phi) is 3.73. The van der Waals surface area contributed by atoms with E-state index in [1.807, 2.05) is 0 Å². The topological polar surface area (TPSA) is 15.6 Å². The fraction of sp³-hybridized carbons (Fsp3) is 0.900. The Morgan fingerprint density at radius 1 is 1.50 bits per heavy atom. The summed E-state index contributed by atoms with van der Waals surface area (Å²) in [5, 5.41) is 0. The van der Waals surface area contributed by atoms with Crippen molar-refractivity contribution in [1.29, 1.82) is 0 Å². The molecule has 0 fully saturated rings. The Balaban J connectivity index is 2.21. The van der Waals surface area contributed by atoms with Crippen molar-refractivity contribution >= 4 is 5.71 Å². The van der Waals surface area contributed by atoms with Crippen LogP contribution in [0.2, 0.25) is 0 Å². The van der Waals surface area contributed by atoms with E-state index in [2.05, 4.69) is 30.8 Å². The van der Waals surface area contributed by atoms with E-state index in [1.54, 1.807) is 0 Å². The highest BCUT2D eigenvalue weighted by Crippen LogP contribution is 2.11. The first-order valence-corrected chi connectivity index (χ1v) is 5.00. The molecule has 0 radical (unpaired) electrons. The predicted octanol–water partition coefficient (Wildman–Crippen LogP) is 2.30. The van der Waals surface area contributed by atoms with Gasteiger partial charge in [0.05, 0.1) is 6.17 Å². The van der Waals surface area contributed by atoms with Crippen LogP contribution in [0.5, 0.6) is 0 Å². The molecule has 0 bridgehead atoms. The highest BCUT2D eigenvalue weighted by Gasteiger charge is 2.17. The monoisotopic (exact) mass is 168 g/mol. The molecular weight excluding hydrogens is 148 g/mol. The van der Waals surface area contributed by atoms with Gasteiger partial charge in [-0.1, -0.05) is 19.8 Å². The van der Waals surface area contributed by atoms with E-state index in [0.29, 0.717) is 6.17 Å². The molecule has 1 heterocycles. The lowest BCUT2D eigenvalue weighted by molar-refractivity contribution is 0.326. The van der Waals surface area contributed by atoms with Gasteiger partial charge in [-0.05, 0) is 26.8 Å². The van der Waals surface area contributed by atoms with Crippen LogP contribution in [0.15, 0.2) is 4.99 Å². The summed E-state index contributed by atoms with van der Waals surface area (Å²) in [6, 6.07) is 0. The summed E-state index contributed by atoms with van der Waals surface area (Å²) in [7, 11) is 2.14. The average Bonchev–Trinajstić information content (AvgIpc) is 2.32. The second-order valence-corrected chi connectivity index (χ2v) is 3.70. The van der Waals surface area contributed by atoms with E-state index >= 15 is 0 Å². The van der Waals surface area contributed by atoms with Gasteiger partial charge in [-0.25, -0.2) is 0 Å². The molecule has 0 amide bonds. The first-order chi connectivity index (χ1) is 5.74. The van der Waals surface area contributed by atoms with Crippen LogP contribution in [0.25, 0.3) is 0 Å². The van der Waals surface area contributed by atoms with Crippen molar-refractivity contribution in [1.82, 2.24) is 4.90 Å². The van der Waals surface area contributed by atoms with Gasteiger partial charge < -0.3 is 0 Å². The van der Waals surface area contributed by atoms with Gasteiger partial charge in [0.1, 0.15) is 0 Å². The van der Waals surface area contributed by atoms with Gasteiger partial charge in [0.25, 0.3) is 0 Å². The third kappa shape index (κ3) is 2.59. The molecule has 2 nitrogen and oxygen atoms in total. The molecule has 0 aromatic carbocycles. The van der Waals surface area contributed by atoms with Crippen molar-refractivity contribution in [3.05, 3.63) is 0 Å². The lowest BCUT2D eigenvalue weighted by atomic mass is 10.1. The highest BCUT2D eigenvalue weighted by molar-refractivity contribution is 5.87. The lowest BCUT2D eigenvalue weighted by Gasteiger charge is -2.11. The smallest absolute Gasteiger partial charge is 0.0991 e. The highest BCUT2D eigenvalue weighted by atomic mass is 15.3. The molecule has 0 aromatic heterocycles. The zero-order valence-electron chi connectivity index (χ0n) is 8.51. The molecule has 0 aromatic rings. The number of nitrogens with zero attached hydrogens (tertiary/aromatic N) is 2. The summed E-state index contributed by atoms with van der Waals surface area (Å²) in [5.74, 6) is 0. The first kappa shape index (κ1) is 9.72. The lowest BCUT2D eigenvalue weighted by Crippen LogP contribution is -2.23. The molecule has 0 N–H and O–H groups in total. The van der Waals surface area contributed by atoms with Crippen LogP contribution in [-0.4, -0.2) is 30.4 Å². The van der Waals surface area contributed by atoms with Gasteiger partial charge >= 0.3 is 0 Å². The molecule has 1 unspecified atom stereocenters. The Hall–Kier alpha value is -0.370. The third-order valence-electron chi connectivity index (χ3n) is 2.51. The molecule has 0 saturated carbocycles. The number of aliphatic imine (C=N–C) groups is 1. The van der Waals surface area contributed by atoms with E-state index < -0.39 is 0 Å². The molecule has 12 heavy (non-hydrogen) atoms. The van der Waals surface area contributed by atoms with Gasteiger partial charge in [-0.15, -0.1) is 0 Å². The number of hydrogen-bond donors (Lipinski definition) is 0. The number of hydrogen-bond acceptors (Lipinski definition) is 2. The quantitative estimate of drug-likeness (QED) is 0.588. The first-order valence-electron chi connectivity index (χ1n) is 5.00. The second-order valence-electron chi connectivity index (χ2n) is 3.70. The maximum atomic E-state index is 4.58. The number of rotatable bonds is 4. The van der Waals surface area contributed by atoms with Crippen molar-refractivity contribution in [2.75, 3.05) is 13.6 Å². The number of unbranched alkanes of at least 4 members (excludes halogenated alkanes) is 2. The molecule has 1 atom stereocenters. The molecule has 1 aliphatic rings. The normalized spacial score (nSPS) is 24.6. The summed E-state index contributed by atoms with van der Waals surface area (Å²) in [6.07, 6.45) is 5.59. The zero-order chi connectivity index (χ0) is 8.97. The van der Waals surface area contributed by atoms with Gasteiger partial charge in [-0.2, -0.15) is 0 Å². The van der Waals surface area contributed by atoms with E-state index in [-0.39, 0.29) is 0 Å². The Morgan fingerprint density at radius 3 is 2.75 bits per heavy atom. The summed E-state index contributed by atoms with van der Waals surface area (Å²) >= 11 is 0. The van der Waals surface area contributed by atoms with Crippen LogP contribution in [0, 0.1) is 0 Å². The minimum atomic E-state index is 0.418. The largest absolute Gasteiger partial charge is 0.280 e. The van der Waals surface area contributed by atoms with Crippen molar-refractivity contribution in [3.8, 4) is 0 Å². The predicted molar refractivity (Wildman–Crippen MR) is 53.7 cm³/mol. The summed E-state index contributed by atoms with van der Waals surface area (Å²) in [4.78, 5) is 6.88. The molecule has 0 spiro atoms. The Labute approximate surface area is 75.7 Å². The molecule has 70 valence electrons. The van der Waals surface area contributed by atoms with E-state index in [9.17, 15) is 0 Å². The molecule has 1 aliphatic heterocycles. The van der Waals surface area contributed by atoms with Crippen LogP contribution >= 0.6 is 0 Å². The van der Waals surface area contributed by atoms with E-state index in [4.69, 9.17) is 0 Å². The molecule has 0 aliphatic carbocycles. The van der Waals surface area contributed by atoms with Crippen molar-refractivity contribution in [3.63, 3.8) is 0 Å². The van der Waals surface area contributed by atoms with Gasteiger partial charge in [0.2, 0.25) is 0 Å². The summed E-state index contributed by atoms with van der Waals surface area (Å²) in [6.45, 7) is 5.49. The van der Waals surface area contributed by atoms with Crippen molar-refractivity contribution < 1.29 is 0 Å². The van der Waals surface area contributed by atoms with Crippen LogP contribution in [0.4, 0.5) is 0 Å². The average molecular weight is 168 g/mol. The molecule has 1 rings (SSSR count). The minimum Gasteiger partial charge on any atom is -0.280 e. The van der Waals surface area contributed by atoms with Crippen LogP contribution in [-0.2, 0) is 0 Å². The second kappa shape index (κ2) is 4.61. The van der Waals surface area contributed by atoms with Crippen molar-refractivity contribution in [2.45, 2.75) is 45.7 Å². The van der Waals surface area contributed by atoms with Gasteiger partial charge in [0, 0.05) is 12.3 Å². The molecule has 0 saturated heterocycles.